The maximum absolute atomic E-state index is 12.6. The zero-order chi connectivity index (χ0) is 22.5. The van der Waals surface area contributed by atoms with Crippen molar-refractivity contribution in [3.05, 3.63) is 64.0 Å². The van der Waals surface area contributed by atoms with Crippen molar-refractivity contribution in [2.24, 2.45) is 10.2 Å². The molecule has 0 fully saturated rings. The van der Waals surface area contributed by atoms with E-state index in [9.17, 15) is 20.0 Å². The summed E-state index contributed by atoms with van der Waals surface area (Å²) in [4.78, 5) is 23.0. The zero-order valence-electron chi connectivity index (χ0n) is 17.5. The number of methoxy groups -OCH3 is 1. The molecule has 2 aromatic carbocycles. The van der Waals surface area contributed by atoms with Gasteiger partial charge in [-0.2, -0.15) is 0 Å². The zero-order valence-corrected chi connectivity index (χ0v) is 18.5. The van der Waals surface area contributed by atoms with E-state index in [4.69, 9.17) is 4.74 Å². The highest BCUT2D eigenvalue weighted by Crippen LogP contribution is 2.32. The average molecular weight is 429 g/mol. The predicted octanol–water partition coefficient (Wildman–Crippen LogP) is 4.66. The van der Waals surface area contributed by atoms with E-state index in [0.717, 1.165) is 0 Å². The van der Waals surface area contributed by atoms with Crippen LogP contribution in [0, 0.1) is 10.1 Å². The summed E-state index contributed by atoms with van der Waals surface area (Å²) in [5.74, 6) is -0.773. The van der Waals surface area contributed by atoms with Crippen molar-refractivity contribution in [2.75, 3.05) is 12.4 Å². The molecule has 158 valence electrons. The summed E-state index contributed by atoms with van der Waals surface area (Å²) in [7, 11) is -0.0833. The molecule has 9 nitrogen and oxygen atoms in total. The smallest absolute Gasteiger partial charge is 0.279 e. The number of non-ortho nitro benzene ring substituents is 1. The number of ether oxygens (including phenoxy) is 1. The lowest BCUT2D eigenvalue weighted by Gasteiger charge is -2.16. The molecule has 2 N–H and O–H groups in total. The molecule has 2 aromatic rings. The van der Waals surface area contributed by atoms with Crippen LogP contribution in [0.25, 0.3) is 0 Å². The third-order valence-corrected chi connectivity index (χ3v) is 6.26. The van der Waals surface area contributed by atoms with Gasteiger partial charge in [0.05, 0.1) is 20.1 Å². The summed E-state index contributed by atoms with van der Waals surface area (Å²) in [5, 5.41) is 32.4. The molecular formula is C20H24N4O5Si. The highest BCUT2D eigenvalue weighted by Gasteiger charge is 2.18. The number of nitro groups is 1. The van der Waals surface area contributed by atoms with Crippen LogP contribution < -0.4 is 15.2 Å². The third kappa shape index (κ3) is 5.74. The van der Waals surface area contributed by atoms with Gasteiger partial charge >= 0.3 is 0 Å². The number of nitro benzene ring substituents is 1. The van der Waals surface area contributed by atoms with Gasteiger partial charge in [-0.1, -0.05) is 37.0 Å². The lowest BCUT2D eigenvalue weighted by atomic mass is 10.2. The fraction of sp³-hybridized carbons (Fsp3) is 0.250. The van der Waals surface area contributed by atoms with Gasteiger partial charge in [0.25, 0.3) is 11.6 Å². The van der Waals surface area contributed by atoms with Gasteiger partial charge in [0.1, 0.15) is 17.2 Å². The Hall–Kier alpha value is -3.53. The minimum atomic E-state index is -1.46. The molecule has 0 saturated heterocycles. The second-order valence-corrected chi connectivity index (χ2v) is 12.6. The van der Waals surface area contributed by atoms with E-state index in [1.165, 1.54) is 37.4 Å². The Morgan fingerprint density at radius 3 is 2.30 bits per heavy atom. The van der Waals surface area contributed by atoms with Crippen molar-refractivity contribution < 1.29 is 19.6 Å². The maximum Gasteiger partial charge on any atom is 0.279 e. The Morgan fingerprint density at radius 2 is 1.80 bits per heavy atom. The monoisotopic (exact) mass is 428 g/mol. The molecule has 1 amide bonds. The molecule has 10 heteroatoms. The van der Waals surface area contributed by atoms with Crippen LogP contribution in [0.1, 0.15) is 6.92 Å². The molecule has 0 aliphatic heterocycles. The first-order valence-corrected chi connectivity index (χ1v) is 12.6. The standard InChI is InChI=1S/C20H24N4O5Si/c1-13(25)19(20(26)21-14-6-9-16(10-7-14)30(3,4)5)23-22-17-12-15(24(27)28)8-11-18(17)29-2/h6-12,25H,1-5H3,(H,21,26)/b19-13-,23-22?. The molecule has 0 aliphatic rings. The van der Waals surface area contributed by atoms with E-state index in [1.807, 2.05) is 12.1 Å². The molecule has 0 aromatic heterocycles. The summed E-state index contributed by atoms with van der Waals surface area (Å²) >= 11 is 0. The molecule has 2 rings (SSSR count). The number of amides is 1. The first-order valence-electron chi connectivity index (χ1n) is 9.09. The largest absolute Gasteiger partial charge is 0.510 e. The lowest BCUT2D eigenvalue weighted by molar-refractivity contribution is -0.384. The fourth-order valence-corrected chi connectivity index (χ4v) is 3.67. The van der Waals surface area contributed by atoms with Gasteiger partial charge in [-0.25, -0.2) is 0 Å². The molecule has 0 unspecified atom stereocenters. The number of allylic oxidation sites excluding steroid dienone is 1. The van der Waals surface area contributed by atoms with Crippen LogP contribution in [0.2, 0.25) is 19.6 Å². The van der Waals surface area contributed by atoms with Gasteiger partial charge in [-0.3, -0.25) is 14.9 Å². The number of hydrogen-bond acceptors (Lipinski definition) is 7. The van der Waals surface area contributed by atoms with Crippen LogP contribution in [0.3, 0.4) is 0 Å². The van der Waals surface area contributed by atoms with Crippen molar-refractivity contribution in [1.29, 1.82) is 0 Å². The number of carbonyl (C=O) groups excluding carboxylic acids is 1. The van der Waals surface area contributed by atoms with Gasteiger partial charge in [0.2, 0.25) is 0 Å². The molecule has 0 bridgehead atoms. The van der Waals surface area contributed by atoms with Crippen molar-refractivity contribution in [2.45, 2.75) is 26.6 Å². The van der Waals surface area contributed by atoms with Crippen molar-refractivity contribution in [3.8, 4) is 5.75 Å². The minimum absolute atomic E-state index is 0.0535. The van der Waals surface area contributed by atoms with E-state index in [-0.39, 0.29) is 28.6 Å². The second kappa shape index (κ2) is 9.31. The highest BCUT2D eigenvalue weighted by atomic mass is 28.3. The third-order valence-electron chi connectivity index (χ3n) is 4.20. The number of benzene rings is 2. The number of azo groups is 1. The van der Waals surface area contributed by atoms with Crippen LogP contribution >= 0.6 is 0 Å². The van der Waals surface area contributed by atoms with Crippen molar-refractivity contribution in [1.82, 2.24) is 0 Å². The van der Waals surface area contributed by atoms with Gasteiger partial charge in [-0.15, -0.1) is 10.2 Å². The van der Waals surface area contributed by atoms with E-state index in [1.54, 1.807) is 12.1 Å². The number of aliphatic hydroxyl groups is 1. The summed E-state index contributed by atoms with van der Waals surface area (Å²) in [6.07, 6.45) is 0. The number of nitrogens with one attached hydrogen (secondary N) is 1. The first kappa shape index (κ1) is 22.8. The molecule has 0 spiro atoms. The molecule has 0 radical (unpaired) electrons. The number of hydrogen-bond donors (Lipinski definition) is 2. The first-order chi connectivity index (χ1) is 14.0. The topological polar surface area (TPSA) is 126 Å². The molecule has 0 saturated carbocycles. The van der Waals surface area contributed by atoms with Crippen LogP contribution in [-0.2, 0) is 4.79 Å². The van der Waals surface area contributed by atoms with Crippen molar-refractivity contribution >= 4 is 36.2 Å². The fourth-order valence-electron chi connectivity index (χ4n) is 2.50. The second-order valence-electron chi connectivity index (χ2n) is 7.53. The number of nitrogens with zero attached hydrogens (tertiary/aromatic N) is 3. The molecule has 0 aliphatic carbocycles. The summed E-state index contributed by atoms with van der Waals surface area (Å²) in [6, 6.07) is 11.3. The van der Waals surface area contributed by atoms with Crippen LogP contribution in [0.15, 0.2) is 64.1 Å². The molecular weight excluding hydrogens is 404 g/mol. The average Bonchev–Trinajstić information content (AvgIpc) is 2.67. The van der Waals surface area contributed by atoms with Gasteiger partial charge in [0.15, 0.2) is 5.70 Å². The lowest BCUT2D eigenvalue weighted by Crippen LogP contribution is -2.37. The van der Waals surface area contributed by atoms with Crippen LogP contribution in [0.5, 0.6) is 5.75 Å². The van der Waals surface area contributed by atoms with Crippen LogP contribution in [0.4, 0.5) is 17.1 Å². The Balaban J connectivity index is 2.26. The number of rotatable bonds is 7. The number of aliphatic hydroxyl groups excluding tert-OH is 1. The Kier molecular flexibility index (Phi) is 7.06. The van der Waals surface area contributed by atoms with E-state index >= 15 is 0 Å². The summed E-state index contributed by atoms with van der Waals surface area (Å²) in [6.45, 7) is 7.96. The minimum Gasteiger partial charge on any atom is -0.510 e. The van der Waals surface area contributed by atoms with Gasteiger partial charge in [-0.05, 0) is 25.1 Å². The number of anilines is 1. The van der Waals surface area contributed by atoms with Crippen molar-refractivity contribution in [3.63, 3.8) is 0 Å². The molecule has 30 heavy (non-hydrogen) atoms. The van der Waals surface area contributed by atoms with E-state index in [0.29, 0.717) is 5.69 Å². The summed E-state index contributed by atoms with van der Waals surface area (Å²) < 4.78 is 5.12. The maximum atomic E-state index is 12.6. The van der Waals surface area contributed by atoms with Gasteiger partial charge < -0.3 is 15.2 Å². The Morgan fingerprint density at radius 1 is 1.17 bits per heavy atom. The predicted molar refractivity (Wildman–Crippen MR) is 118 cm³/mol. The quantitative estimate of drug-likeness (QED) is 0.166. The highest BCUT2D eigenvalue weighted by molar-refractivity contribution is 6.88. The number of carbonyl (C=O) groups is 1. The molecule has 0 atom stereocenters. The van der Waals surface area contributed by atoms with E-state index in [2.05, 4.69) is 35.2 Å². The molecule has 0 heterocycles. The summed E-state index contributed by atoms with van der Waals surface area (Å²) in [5.41, 5.74) is 0.0717. The Labute approximate surface area is 175 Å². The Bertz CT molecular complexity index is 1010. The van der Waals surface area contributed by atoms with Gasteiger partial charge in [0, 0.05) is 17.8 Å². The SMILES string of the molecule is COc1ccc([N+](=O)[O-])cc1N=N/C(C(=O)Nc1ccc([Si](C)(C)C)cc1)=C(/C)O. The normalized spacial score (nSPS) is 12.4. The van der Waals surface area contributed by atoms with E-state index < -0.39 is 18.9 Å². The van der Waals surface area contributed by atoms with Crippen LogP contribution in [-0.4, -0.2) is 31.1 Å².